The molecule has 4 nitrogen and oxygen atoms in total. The van der Waals surface area contributed by atoms with E-state index in [1.54, 1.807) is 0 Å². The van der Waals surface area contributed by atoms with E-state index in [4.69, 9.17) is 28.9 Å². The van der Waals surface area contributed by atoms with Crippen LogP contribution in [0.25, 0.3) is 0 Å². The fourth-order valence-corrected chi connectivity index (χ4v) is 3.06. The summed E-state index contributed by atoms with van der Waals surface area (Å²) in [6.45, 7) is 2.13. The number of nitrogens with zero attached hydrogens (tertiary/aromatic N) is 3. The van der Waals surface area contributed by atoms with Crippen molar-refractivity contribution in [2.24, 2.45) is 0 Å². The highest BCUT2D eigenvalue weighted by molar-refractivity contribution is 6.42. The third-order valence-corrected chi connectivity index (χ3v) is 4.48. The van der Waals surface area contributed by atoms with Crippen molar-refractivity contribution >= 4 is 29.2 Å². The van der Waals surface area contributed by atoms with Gasteiger partial charge in [0.1, 0.15) is 5.82 Å². The Labute approximate surface area is 121 Å². The minimum atomic E-state index is 0.214. The standard InChI is InChI=1S/C13H14Cl2N4/c1-7-9(8-2-4-10(14)11(15)6-8)3-5-12-17-13(16)18-19(7)12/h2,4,6-7,9H,3,5H2,1H3,(H2,16,18). The zero-order chi connectivity index (χ0) is 13.6. The molecule has 0 fully saturated rings. The SMILES string of the molecule is CC1C(c2ccc(Cl)c(Cl)c2)CCc2nc(N)nn21. The maximum Gasteiger partial charge on any atom is 0.239 e. The summed E-state index contributed by atoms with van der Waals surface area (Å²) in [6, 6.07) is 6.03. The average molecular weight is 297 g/mol. The Hall–Kier alpha value is -1.26. The van der Waals surface area contributed by atoms with Crippen LogP contribution >= 0.6 is 23.2 Å². The maximum atomic E-state index is 6.10. The summed E-state index contributed by atoms with van der Waals surface area (Å²) in [5.41, 5.74) is 6.85. The van der Waals surface area contributed by atoms with Crippen LogP contribution in [0.1, 0.15) is 36.7 Å². The molecule has 1 aromatic heterocycles. The molecule has 19 heavy (non-hydrogen) atoms. The van der Waals surface area contributed by atoms with E-state index >= 15 is 0 Å². The number of nitrogen functional groups attached to an aromatic ring is 1. The van der Waals surface area contributed by atoms with Gasteiger partial charge in [-0.1, -0.05) is 29.3 Å². The predicted molar refractivity (Wildman–Crippen MR) is 76.7 cm³/mol. The molecule has 0 bridgehead atoms. The highest BCUT2D eigenvalue weighted by atomic mass is 35.5. The largest absolute Gasteiger partial charge is 0.366 e. The van der Waals surface area contributed by atoms with Gasteiger partial charge in [0, 0.05) is 12.3 Å². The second kappa shape index (κ2) is 4.69. The minimum absolute atomic E-state index is 0.214. The van der Waals surface area contributed by atoms with Crippen LogP contribution < -0.4 is 5.73 Å². The second-order valence-electron chi connectivity index (χ2n) is 4.89. The molecule has 6 heteroatoms. The predicted octanol–water partition coefficient (Wildman–Crippen LogP) is 3.46. The van der Waals surface area contributed by atoms with E-state index in [-0.39, 0.29) is 6.04 Å². The van der Waals surface area contributed by atoms with Crippen molar-refractivity contribution in [2.45, 2.75) is 31.7 Å². The molecule has 2 unspecified atom stereocenters. The van der Waals surface area contributed by atoms with Gasteiger partial charge in [0.2, 0.25) is 5.95 Å². The maximum absolute atomic E-state index is 6.10. The summed E-state index contributed by atoms with van der Waals surface area (Å²) in [5, 5.41) is 5.45. The molecule has 0 amide bonds. The van der Waals surface area contributed by atoms with Crippen molar-refractivity contribution in [3.63, 3.8) is 0 Å². The molecule has 0 radical (unpaired) electrons. The molecule has 2 atom stereocenters. The molecule has 0 saturated heterocycles. The van der Waals surface area contributed by atoms with Gasteiger partial charge in [0.15, 0.2) is 0 Å². The molecule has 0 saturated carbocycles. The fourth-order valence-electron chi connectivity index (χ4n) is 2.75. The summed E-state index contributed by atoms with van der Waals surface area (Å²) >= 11 is 12.1. The quantitative estimate of drug-likeness (QED) is 0.877. The Morgan fingerprint density at radius 3 is 2.84 bits per heavy atom. The monoisotopic (exact) mass is 296 g/mol. The Balaban J connectivity index is 1.97. The van der Waals surface area contributed by atoms with E-state index < -0.39 is 0 Å². The van der Waals surface area contributed by atoms with Crippen molar-refractivity contribution in [2.75, 3.05) is 5.73 Å². The van der Waals surface area contributed by atoms with Gasteiger partial charge in [-0.25, -0.2) is 4.68 Å². The fraction of sp³-hybridized carbons (Fsp3) is 0.385. The molecule has 0 aliphatic carbocycles. The van der Waals surface area contributed by atoms with E-state index in [0.717, 1.165) is 18.7 Å². The molecule has 1 aliphatic heterocycles. The van der Waals surface area contributed by atoms with Crippen LogP contribution in [0.4, 0.5) is 5.95 Å². The van der Waals surface area contributed by atoms with E-state index in [1.165, 1.54) is 5.56 Å². The first-order chi connectivity index (χ1) is 9.06. The van der Waals surface area contributed by atoms with Crippen molar-refractivity contribution in [3.05, 3.63) is 39.6 Å². The van der Waals surface area contributed by atoms with Crippen LogP contribution in [0.2, 0.25) is 10.0 Å². The first-order valence-electron chi connectivity index (χ1n) is 6.22. The van der Waals surface area contributed by atoms with Crippen LogP contribution in [-0.4, -0.2) is 14.8 Å². The summed E-state index contributed by atoms with van der Waals surface area (Å²) in [6.07, 6.45) is 1.89. The minimum Gasteiger partial charge on any atom is -0.366 e. The molecular formula is C13H14Cl2N4. The molecule has 100 valence electrons. The topological polar surface area (TPSA) is 56.7 Å². The van der Waals surface area contributed by atoms with E-state index in [2.05, 4.69) is 17.0 Å². The number of benzene rings is 1. The smallest absolute Gasteiger partial charge is 0.239 e. The van der Waals surface area contributed by atoms with E-state index in [9.17, 15) is 0 Å². The summed E-state index contributed by atoms with van der Waals surface area (Å²) in [7, 11) is 0. The van der Waals surface area contributed by atoms with Crippen LogP contribution in [0.5, 0.6) is 0 Å². The number of aromatic nitrogens is 3. The first-order valence-corrected chi connectivity index (χ1v) is 6.97. The number of hydrogen-bond acceptors (Lipinski definition) is 3. The second-order valence-corrected chi connectivity index (χ2v) is 5.70. The van der Waals surface area contributed by atoms with Crippen molar-refractivity contribution in [1.29, 1.82) is 0 Å². The zero-order valence-corrected chi connectivity index (χ0v) is 12.0. The summed E-state index contributed by atoms with van der Waals surface area (Å²) < 4.78 is 1.92. The molecule has 2 aromatic rings. The third kappa shape index (κ3) is 2.19. The van der Waals surface area contributed by atoms with Crippen molar-refractivity contribution in [3.8, 4) is 0 Å². The van der Waals surface area contributed by atoms with Crippen LogP contribution in [0, 0.1) is 0 Å². The number of anilines is 1. The lowest BCUT2D eigenvalue weighted by Crippen LogP contribution is -2.24. The molecule has 3 rings (SSSR count). The van der Waals surface area contributed by atoms with Gasteiger partial charge in [0.05, 0.1) is 16.1 Å². The molecule has 1 aliphatic rings. The highest BCUT2D eigenvalue weighted by Crippen LogP contribution is 2.38. The van der Waals surface area contributed by atoms with E-state index in [0.29, 0.717) is 21.9 Å². The Morgan fingerprint density at radius 1 is 1.32 bits per heavy atom. The summed E-state index contributed by atoms with van der Waals surface area (Å²) in [4.78, 5) is 4.24. The zero-order valence-electron chi connectivity index (χ0n) is 10.5. The Kier molecular flexibility index (Phi) is 3.15. The van der Waals surface area contributed by atoms with Gasteiger partial charge in [0.25, 0.3) is 0 Å². The first kappa shape index (κ1) is 12.8. The molecule has 0 spiro atoms. The number of nitrogens with two attached hydrogens (primary N) is 1. The lowest BCUT2D eigenvalue weighted by molar-refractivity contribution is 0.338. The number of hydrogen-bond donors (Lipinski definition) is 1. The molecular weight excluding hydrogens is 283 g/mol. The van der Waals surface area contributed by atoms with Crippen LogP contribution in [0.15, 0.2) is 18.2 Å². The normalized spacial score (nSPS) is 22.3. The Bertz CT molecular complexity index is 623. The molecule has 2 N–H and O–H groups in total. The number of rotatable bonds is 1. The van der Waals surface area contributed by atoms with Crippen LogP contribution in [-0.2, 0) is 6.42 Å². The van der Waals surface area contributed by atoms with Gasteiger partial charge in [-0.2, -0.15) is 4.98 Å². The molecule has 2 heterocycles. The van der Waals surface area contributed by atoms with E-state index in [1.807, 2.05) is 22.9 Å². The Morgan fingerprint density at radius 2 is 2.11 bits per heavy atom. The van der Waals surface area contributed by atoms with Crippen LogP contribution in [0.3, 0.4) is 0 Å². The van der Waals surface area contributed by atoms with Crippen molar-refractivity contribution in [1.82, 2.24) is 14.8 Å². The lowest BCUT2D eigenvalue weighted by atomic mass is 9.86. The van der Waals surface area contributed by atoms with Gasteiger partial charge >= 0.3 is 0 Å². The number of halogens is 2. The molecule has 1 aromatic carbocycles. The van der Waals surface area contributed by atoms with Gasteiger partial charge < -0.3 is 5.73 Å². The number of fused-ring (bicyclic) bond motifs is 1. The highest BCUT2D eigenvalue weighted by Gasteiger charge is 2.29. The lowest BCUT2D eigenvalue weighted by Gasteiger charge is -2.30. The summed E-state index contributed by atoms with van der Waals surface area (Å²) in [5.74, 6) is 1.65. The number of aryl methyl sites for hydroxylation is 1. The van der Waals surface area contributed by atoms with Gasteiger partial charge in [-0.15, -0.1) is 5.10 Å². The average Bonchev–Trinajstić information content (AvgIpc) is 2.75. The van der Waals surface area contributed by atoms with Crippen molar-refractivity contribution < 1.29 is 0 Å². The van der Waals surface area contributed by atoms with Gasteiger partial charge in [-0.3, -0.25) is 0 Å². The third-order valence-electron chi connectivity index (χ3n) is 3.74. The van der Waals surface area contributed by atoms with Gasteiger partial charge in [-0.05, 0) is 31.0 Å².